The Labute approximate surface area is 150 Å². The summed E-state index contributed by atoms with van der Waals surface area (Å²) in [4.78, 5) is 22.1. The van der Waals surface area contributed by atoms with Gasteiger partial charge in [-0.3, -0.25) is 20.2 Å². The summed E-state index contributed by atoms with van der Waals surface area (Å²) in [6.07, 6.45) is -0.871. The molecule has 0 heterocycles. The van der Waals surface area contributed by atoms with Gasteiger partial charge in [-0.2, -0.15) is 0 Å². The molecular formula is C18H20N2O6. The fraction of sp³-hybridized carbons (Fsp3) is 0.222. The highest BCUT2D eigenvalue weighted by atomic mass is 16.5. The van der Waals surface area contributed by atoms with Gasteiger partial charge in [-0.15, -0.1) is 0 Å². The number of carbonyl (C=O) groups is 2. The molecule has 0 aliphatic heterocycles. The number of carboxylic acids is 1. The van der Waals surface area contributed by atoms with E-state index in [1.54, 1.807) is 30.3 Å². The van der Waals surface area contributed by atoms with Crippen LogP contribution in [0.15, 0.2) is 48.5 Å². The Bertz CT molecular complexity index is 752. The van der Waals surface area contributed by atoms with E-state index in [2.05, 4.69) is 10.6 Å². The fourth-order valence-corrected chi connectivity index (χ4v) is 2.48. The first-order valence-corrected chi connectivity index (χ1v) is 7.89. The molecule has 0 aliphatic carbocycles. The predicted octanol–water partition coefficient (Wildman–Crippen LogP) is 1.27. The molecule has 2 rings (SSSR count). The molecule has 0 bridgehead atoms. The van der Waals surface area contributed by atoms with Crippen LogP contribution in [0.4, 0.5) is 0 Å². The SMILES string of the molecule is O=COC(NCCNC(C(=O)O)c1ccccc1O)c1ccccc1O. The van der Waals surface area contributed by atoms with E-state index >= 15 is 0 Å². The first-order chi connectivity index (χ1) is 12.5. The monoisotopic (exact) mass is 360 g/mol. The van der Waals surface area contributed by atoms with E-state index in [1.807, 2.05) is 0 Å². The van der Waals surface area contributed by atoms with E-state index in [0.29, 0.717) is 5.56 Å². The maximum absolute atomic E-state index is 11.5. The van der Waals surface area contributed by atoms with Gasteiger partial charge in [0.05, 0.1) is 0 Å². The minimum absolute atomic E-state index is 0.0302. The van der Waals surface area contributed by atoms with Crippen molar-refractivity contribution >= 4 is 12.4 Å². The summed E-state index contributed by atoms with van der Waals surface area (Å²) in [6.45, 7) is 0.710. The number of phenols is 2. The zero-order valence-corrected chi connectivity index (χ0v) is 13.8. The molecule has 2 aromatic rings. The second-order valence-corrected chi connectivity index (χ2v) is 5.41. The number of carboxylic acid groups (broad SMARTS) is 1. The molecular weight excluding hydrogens is 340 g/mol. The van der Waals surface area contributed by atoms with Gasteiger partial charge >= 0.3 is 5.97 Å². The van der Waals surface area contributed by atoms with Crippen LogP contribution in [-0.2, 0) is 14.3 Å². The van der Waals surface area contributed by atoms with Gasteiger partial charge in [0.1, 0.15) is 17.5 Å². The van der Waals surface area contributed by atoms with E-state index in [9.17, 15) is 24.9 Å². The smallest absolute Gasteiger partial charge is 0.325 e. The van der Waals surface area contributed by atoms with Crippen molar-refractivity contribution in [2.24, 2.45) is 0 Å². The highest BCUT2D eigenvalue weighted by molar-refractivity contribution is 5.76. The number of hydrogen-bond acceptors (Lipinski definition) is 7. The average Bonchev–Trinajstić information content (AvgIpc) is 2.62. The third kappa shape index (κ3) is 4.95. The lowest BCUT2D eigenvalue weighted by molar-refractivity contribution is -0.139. The van der Waals surface area contributed by atoms with Crippen molar-refractivity contribution in [2.75, 3.05) is 13.1 Å². The number of aliphatic carboxylic acids is 1. The minimum atomic E-state index is -1.13. The van der Waals surface area contributed by atoms with E-state index in [4.69, 9.17) is 4.74 Å². The van der Waals surface area contributed by atoms with Crippen LogP contribution in [0.5, 0.6) is 11.5 Å². The molecule has 0 amide bonds. The molecule has 0 radical (unpaired) electrons. The number of aromatic hydroxyl groups is 2. The van der Waals surface area contributed by atoms with Gasteiger partial charge < -0.3 is 20.1 Å². The number of carbonyl (C=O) groups excluding carboxylic acids is 1. The third-order valence-corrected chi connectivity index (χ3v) is 3.71. The second kappa shape index (κ2) is 9.40. The summed E-state index contributed by atoms with van der Waals surface area (Å²) in [6, 6.07) is 11.5. The lowest BCUT2D eigenvalue weighted by Gasteiger charge is -2.20. The van der Waals surface area contributed by atoms with Crippen molar-refractivity contribution in [3.63, 3.8) is 0 Å². The summed E-state index contributed by atoms with van der Waals surface area (Å²) in [7, 11) is 0. The number of ether oxygens (including phenoxy) is 1. The quantitative estimate of drug-likeness (QED) is 0.243. The van der Waals surface area contributed by atoms with E-state index in [1.165, 1.54) is 18.2 Å². The standard InChI is InChI=1S/C18H20N2O6/c21-11-26-17(13-6-2-4-8-15(13)23)20-10-9-19-16(18(24)25)12-5-1-3-7-14(12)22/h1-8,11,16-17,19-20,22-23H,9-10H2,(H,24,25). The lowest BCUT2D eigenvalue weighted by atomic mass is 10.1. The largest absolute Gasteiger partial charge is 0.508 e. The summed E-state index contributed by atoms with van der Waals surface area (Å²) < 4.78 is 4.93. The van der Waals surface area contributed by atoms with Crippen molar-refractivity contribution in [3.8, 4) is 11.5 Å². The van der Waals surface area contributed by atoms with Crippen LogP contribution < -0.4 is 10.6 Å². The zero-order valence-electron chi connectivity index (χ0n) is 13.8. The molecule has 0 saturated carbocycles. The van der Waals surface area contributed by atoms with Crippen LogP contribution >= 0.6 is 0 Å². The fourth-order valence-electron chi connectivity index (χ4n) is 2.48. The van der Waals surface area contributed by atoms with E-state index in [0.717, 1.165) is 0 Å². The normalized spacial score (nSPS) is 12.9. The number of rotatable bonds is 10. The zero-order chi connectivity index (χ0) is 18.9. The molecule has 5 N–H and O–H groups in total. The maximum atomic E-state index is 11.5. The van der Waals surface area contributed by atoms with Crippen molar-refractivity contribution in [1.82, 2.24) is 10.6 Å². The molecule has 138 valence electrons. The average molecular weight is 360 g/mol. The Morgan fingerprint density at radius 1 is 0.962 bits per heavy atom. The first kappa shape index (κ1) is 19.2. The Balaban J connectivity index is 1.96. The summed E-state index contributed by atoms with van der Waals surface area (Å²) in [5.41, 5.74) is 0.636. The third-order valence-electron chi connectivity index (χ3n) is 3.71. The predicted molar refractivity (Wildman–Crippen MR) is 92.5 cm³/mol. The molecule has 2 aromatic carbocycles. The molecule has 2 unspecified atom stereocenters. The first-order valence-electron chi connectivity index (χ1n) is 7.89. The van der Waals surface area contributed by atoms with Gasteiger partial charge in [-0.05, 0) is 12.1 Å². The molecule has 8 heteroatoms. The molecule has 8 nitrogen and oxygen atoms in total. The van der Waals surface area contributed by atoms with E-state index < -0.39 is 18.2 Å². The highest BCUT2D eigenvalue weighted by Gasteiger charge is 2.22. The van der Waals surface area contributed by atoms with Crippen molar-refractivity contribution in [1.29, 1.82) is 0 Å². The van der Waals surface area contributed by atoms with Gasteiger partial charge in [0.2, 0.25) is 0 Å². The van der Waals surface area contributed by atoms with Gasteiger partial charge in [0.25, 0.3) is 6.47 Å². The second-order valence-electron chi connectivity index (χ2n) is 5.41. The van der Waals surface area contributed by atoms with Crippen LogP contribution in [0.2, 0.25) is 0 Å². The van der Waals surface area contributed by atoms with Gasteiger partial charge in [-0.25, -0.2) is 0 Å². The molecule has 2 atom stereocenters. The Kier molecular flexibility index (Phi) is 6.95. The van der Waals surface area contributed by atoms with Crippen LogP contribution in [0.1, 0.15) is 23.4 Å². The van der Waals surface area contributed by atoms with Crippen molar-refractivity contribution in [2.45, 2.75) is 12.3 Å². The Hall–Kier alpha value is -3.10. The van der Waals surface area contributed by atoms with Crippen LogP contribution in [0.25, 0.3) is 0 Å². The molecule has 0 aromatic heterocycles. The van der Waals surface area contributed by atoms with Crippen molar-refractivity contribution < 1.29 is 29.6 Å². The number of phenolic OH excluding ortho intramolecular Hbond substituents is 2. The van der Waals surface area contributed by atoms with Crippen molar-refractivity contribution in [3.05, 3.63) is 59.7 Å². The van der Waals surface area contributed by atoms with Crippen LogP contribution in [0.3, 0.4) is 0 Å². The summed E-state index contributed by atoms with van der Waals surface area (Å²) >= 11 is 0. The van der Waals surface area contributed by atoms with E-state index in [-0.39, 0.29) is 36.6 Å². The summed E-state index contributed by atoms with van der Waals surface area (Å²) in [5, 5.41) is 34.7. The Morgan fingerprint density at radius 2 is 1.50 bits per heavy atom. The number of benzene rings is 2. The van der Waals surface area contributed by atoms with Gasteiger partial charge in [-0.1, -0.05) is 36.4 Å². The Morgan fingerprint density at radius 3 is 2.04 bits per heavy atom. The molecule has 0 fully saturated rings. The van der Waals surface area contributed by atoms with Gasteiger partial charge in [0.15, 0.2) is 6.23 Å². The number of nitrogens with one attached hydrogen (secondary N) is 2. The number of hydrogen-bond donors (Lipinski definition) is 5. The molecule has 0 aliphatic rings. The summed E-state index contributed by atoms with van der Waals surface area (Å²) in [5.74, 6) is -1.28. The minimum Gasteiger partial charge on any atom is -0.508 e. The topological polar surface area (TPSA) is 128 Å². The molecule has 0 spiro atoms. The lowest BCUT2D eigenvalue weighted by Crippen LogP contribution is -2.36. The highest BCUT2D eigenvalue weighted by Crippen LogP contribution is 2.25. The number of para-hydroxylation sites is 2. The van der Waals surface area contributed by atoms with Gasteiger partial charge in [0, 0.05) is 24.2 Å². The maximum Gasteiger partial charge on any atom is 0.325 e. The van der Waals surface area contributed by atoms with Crippen LogP contribution in [0, 0.1) is 0 Å². The van der Waals surface area contributed by atoms with Crippen LogP contribution in [-0.4, -0.2) is 40.9 Å². The molecule has 26 heavy (non-hydrogen) atoms. The molecule has 0 saturated heterocycles.